The number of aromatic nitrogens is 2. The lowest BCUT2D eigenvalue weighted by atomic mass is 10.1. The predicted molar refractivity (Wildman–Crippen MR) is 73.6 cm³/mol. The molecule has 1 aliphatic rings. The van der Waals surface area contributed by atoms with Crippen molar-refractivity contribution in [3.05, 3.63) is 41.1 Å². The summed E-state index contributed by atoms with van der Waals surface area (Å²) in [6.07, 6.45) is 2.94. The van der Waals surface area contributed by atoms with Gasteiger partial charge in [-0.2, -0.15) is 0 Å². The molecule has 0 atom stereocenters. The van der Waals surface area contributed by atoms with Crippen LogP contribution in [0.3, 0.4) is 0 Å². The van der Waals surface area contributed by atoms with Gasteiger partial charge in [0.1, 0.15) is 5.82 Å². The molecule has 0 amide bonds. The Kier molecular flexibility index (Phi) is 3.34. The van der Waals surface area contributed by atoms with Gasteiger partial charge in [-0.15, -0.1) is 0 Å². The highest BCUT2D eigenvalue weighted by Gasteiger charge is 2.20. The van der Waals surface area contributed by atoms with E-state index in [2.05, 4.69) is 15.3 Å². The van der Waals surface area contributed by atoms with Crippen LogP contribution in [0.2, 0.25) is 0 Å². The summed E-state index contributed by atoms with van der Waals surface area (Å²) in [7, 11) is 0. The third kappa shape index (κ3) is 2.24. The maximum Gasteiger partial charge on any atom is 0.161 e. The molecule has 0 radical (unpaired) electrons. The van der Waals surface area contributed by atoms with Crippen molar-refractivity contribution in [1.82, 2.24) is 9.97 Å². The Morgan fingerprint density at radius 2 is 2.00 bits per heavy atom. The quantitative estimate of drug-likeness (QED) is 0.933. The molecule has 104 valence electrons. The van der Waals surface area contributed by atoms with E-state index >= 15 is 0 Å². The number of halogens is 2. The number of aryl methyl sites for hydroxylation is 1. The van der Waals surface area contributed by atoms with Crippen molar-refractivity contribution < 1.29 is 8.78 Å². The third-order valence-electron chi connectivity index (χ3n) is 3.46. The second kappa shape index (κ2) is 5.15. The molecule has 1 aromatic carbocycles. The summed E-state index contributed by atoms with van der Waals surface area (Å²) in [5.74, 6) is -0.478. The molecule has 2 aromatic rings. The molecular weight excluding hydrogens is 260 g/mol. The van der Waals surface area contributed by atoms with Crippen LogP contribution in [0.5, 0.6) is 0 Å². The largest absolute Gasteiger partial charge is 0.370 e. The number of hydrogen-bond donors (Lipinski definition) is 1. The van der Waals surface area contributed by atoms with Gasteiger partial charge in [-0.05, 0) is 44.4 Å². The molecule has 3 nitrogen and oxygen atoms in total. The normalized spacial score (nSPS) is 13.3. The zero-order valence-corrected chi connectivity index (χ0v) is 11.2. The van der Waals surface area contributed by atoms with Crippen LogP contribution in [0.25, 0.3) is 11.4 Å². The van der Waals surface area contributed by atoms with Crippen LogP contribution in [0, 0.1) is 11.6 Å². The molecule has 5 heteroatoms. The first-order valence-corrected chi connectivity index (χ1v) is 6.78. The maximum absolute atomic E-state index is 13.3. The molecule has 0 saturated heterocycles. The van der Waals surface area contributed by atoms with Crippen molar-refractivity contribution in [2.45, 2.75) is 26.2 Å². The van der Waals surface area contributed by atoms with Gasteiger partial charge >= 0.3 is 0 Å². The zero-order valence-electron chi connectivity index (χ0n) is 11.2. The lowest BCUT2D eigenvalue weighted by Gasteiger charge is -2.11. The lowest BCUT2D eigenvalue weighted by molar-refractivity contribution is 0.509. The van der Waals surface area contributed by atoms with Crippen LogP contribution < -0.4 is 5.32 Å². The van der Waals surface area contributed by atoms with Crippen molar-refractivity contribution in [2.24, 2.45) is 0 Å². The molecule has 0 fully saturated rings. The molecule has 0 spiro atoms. The average molecular weight is 275 g/mol. The van der Waals surface area contributed by atoms with Gasteiger partial charge in [-0.1, -0.05) is 0 Å². The lowest BCUT2D eigenvalue weighted by Crippen LogP contribution is -2.06. The fourth-order valence-electron chi connectivity index (χ4n) is 2.51. The molecular formula is C15H15F2N3. The Morgan fingerprint density at radius 3 is 2.75 bits per heavy atom. The second-order valence-corrected chi connectivity index (χ2v) is 4.83. The van der Waals surface area contributed by atoms with Crippen molar-refractivity contribution in [3.8, 4) is 11.4 Å². The first kappa shape index (κ1) is 13.0. The summed E-state index contributed by atoms with van der Waals surface area (Å²) in [6.45, 7) is 2.77. The number of nitrogens with one attached hydrogen (secondary N) is 1. The molecule has 1 aliphatic carbocycles. The Morgan fingerprint density at radius 1 is 1.15 bits per heavy atom. The van der Waals surface area contributed by atoms with E-state index < -0.39 is 11.6 Å². The minimum Gasteiger partial charge on any atom is -0.370 e. The molecule has 0 aliphatic heterocycles. The van der Waals surface area contributed by atoms with Gasteiger partial charge in [0.15, 0.2) is 17.5 Å². The number of fused-ring (bicyclic) bond motifs is 1. The van der Waals surface area contributed by atoms with E-state index in [9.17, 15) is 8.78 Å². The van der Waals surface area contributed by atoms with Gasteiger partial charge < -0.3 is 5.32 Å². The summed E-state index contributed by atoms with van der Waals surface area (Å²) in [4.78, 5) is 8.96. The van der Waals surface area contributed by atoms with Gasteiger partial charge in [0.2, 0.25) is 0 Å². The highest BCUT2D eigenvalue weighted by molar-refractivity contribution is 5.60. The van der Waals surface area contributed by atoms with Gasteiger partial charge in [-0.25, -0.2) is 18.7 Å². The van der Waals surface area contributed by atoms with Crippen LogP contribution in [0.15, 0.2) is 18.2 Å². The maximum atomic E-state index is 13.3. The smallest absolute Gasteiger partial charge is 0.161 e. The van der Waals surface area contributed by atoms with Crippen molar-refractivity contribution in [3.63, 3.8) is 0 Å². The molecule has 1 aromatic heterocycles. The SMILES string of the molecule is CCNc1nc(-c2ccc(F)c(F)c2)nc2c1CCC2. The van der Waals surface area contributed by atoms with Gasteiger partial charge in [0.25, 0.3) is 0 Å². The van der Waals surface area contributed by atoms with Gasteiger partial charge in [0, 0.05) is 23.4 Å². The summed E-state index contributed by atoms with van der Waals surface area (Å²) in [5, 5.41) is 3.23. The highest BCUT2D eigenvalue weighted by atomic mass is 19.2. The molecule has 1 heterocycles. The van der Waals surface area contributed by atoms with Crippen LogP contribution in [-0.2, 0) is 12.8 Å². The van der Waals surface area contributed by atoms with Crippen LogP contribution in [0.4, 0.5) is 14.6 Å². The van der Waals surface area contributed by atoms with E-state index in [1.165, 1.54) is 6.07 Å². The molecule has 3 rings (SSSR count). The molecule has 20 heavy (non-hydrogen) atoms. The van der Waals surface area contributed by atoms with Gasteiger partial charge in [0.05, 0.1) is 0 Å². The number of hydrogen-bond acceptors (Lipinski definition) is 3. The summed E-state index contributed by atoms with van der Waals surface area (Å²) >= 11 is 0. The molecule has 0 unspecified atom stereocenters. The minimum absolute atomic E-state index is 0.445. The minimum atomic E-state index is -0.878. The Labute approximate surface area is 116 Å². The first-order chi connectivity index (χ1) is 9.69. The summed E-state index contributed by atoms with van der Waals surface area (Å²) in [5.41, 5.74) is 2.66. The van der Waals surface area contributed by atoms with E-state index in [0.29, 0.717) is 11.4 Å². The van der Waals surface area contributed by atoms with Crippen LogP contribution >= 0.6 is 0 Å². The van der Waals surface area contributed by atoms with E-state index in [-0.39, 0.29) is 0 Å². The van der Waals surface area contributed by atoms with E-state index in [0.717, 1.165) is 55.0 Å². The number of nitrogens with zero attached hydrogens (tertiary/aromatic N) is 2. The Hall–Kier alpha value is -2.04. The van der Waals surface area contributed by atoms with Gasteiger partial charge in [-0.3, -0.25) is 0 Å². The Bertz CT molecular complexity index is 656. The molecule has 1 N–H and O–H groups in total. The Balaban J connectivity index is 2.09. The van der Waals surface area contributed by atoms with E-state index in [1.807, 2.05) is 6.92 Å². The molecule has 0 saturated carbocycles. The second-order valence-electron chi connectivity index (χ2n) is 4.83. The topological polar surface area (TPSA) is 37.8 Å². The van der Waals surface area contributed by atoms with Crippen molar-refractivity contribution in [1.29, 1.82) is 0 Å². The first-order valence-electron chi connectivity index (χ1n) is 6.78. The van der Waals surface area contributed by atoms with Crippen LogP contribution in [0.1, 0.15) is 24.6 Å². The highest BCUT2D eigenvalue weighted by Crippen LogP contribution is 2.29. The third-order valence-corrected chi connectivity index (χ3v) is 3.46. The standard InChI is InChI=1S/C15H15F2N3/c1-2-18-15-10-4-3-5-13(10)19-14(20-15)9-6-7-11(16)12(17)8-9/h6-8H,2-5H2,1H3,(H,18,19,20). The monoisotopic (exact) mass is 275 g/mol. The summed E-state index contributed by atoms with van der Waals surface area (Å²) < 4.78 is 26.3. The van der Waals surface area contributed by atoms with Crippen LogP contribution in [-0.4, -0.2) is 16.5 Å². The number of anilines is 1. The van der Waals surface area contributed by atoms with Crippen molar-refractivity contribution in [2.75, 3.05) is 11.9 Å². The number of rotatable bonds is 3. The predicted octanol–water partition coefficient (Wildman–Crippen LogP) is 3.34. The fourth-order valence-corrected chi connectivity index (χ4v) is 2.51. The number of benzene rings is 1. The molecule has 0 bridgehead atoms. The zero-order chi connectivity index (χ0) is 14.1. The van der Waals surface area contributed by atoms with E-state index in [4.69, 9.17) is 0 Å². The fraction of sp³-hybridized carbons (Fsp3) is 0.333. The van der Waals surface area contributed by atoms with E-state index in [1.54, 1.807) is 0 Å². The van der Waals surface area contributed by atoms with Crippen molar-refractivity contribution >= 4 is 5.82 Å². The summed E-state index contributed by atoms with van der Waals surface area (Å²) in [6, 6.07) is 3.75. The average Bonchev–Trinajstić information content (AvgIpc) is 2.90.